The number of rotatable bonds is 13. The minimum absolute atomic E-state index is 0.0215. The van der Waals surface area contributed by atoms with E-state index in [0.29, 0.717) is 25.7 Å². The van der Waals surface area contributed by atoms with Gasteiger partial charge in [-0.2, -0.15) is 0 Å². The maximum atomic E-state index is 10.5. The number of aliphatic carboxylic acids is 1. The fourth-order valence-electron chi connectivity index (χ4n) is 2.96. The average Bonchev–Trinajstić information content (AvgIpc) is 2.96. The van der Waals surface area contributed by atoms with E-state index in [-0.39, 0.29) is 6.42 Å². The maximum Gasteiger partial charge on any atom is 0.303 e. The minimum atomic E-state index is -0.882. The third-order valence-electron chi connectivity index (χ3n) is 4.55. The lowest BCUT2D eigenvalue weighted by Crippen LogP contribution is -2.25. The predicted octanol–water partition coefficient (Wildman–Crippen LogP) is 2.56. The smallest absolute Gasteiger partial charge is 0.303 e. The molecule has 0 aliphatic carbocycles. The van der Waals surface area contributed by atoms with Crippen LogP contribution in [-0.2, 0) is 9.53 Å². The summed E-state index contributed by atoms with van der Waals surface area (Å²) < 4.78 is 5.70. The van der Waals surface area contributed by atoms with Crippen LogP contribution in [0.4, 0.5) is 0 Å². The Morgan fingerprint density at radius 2 is 2.00 bits per heavy atom. The van der Waals surface area contributed by atoms with Crippen LogP contribution in [0, 0.1) is 0 Å². The van der Waals surface area contributed by atoms with E-state index >= 15 is 0 Å². The number of aliphatic hydroxyl groups is 3. The fourth-order valence-corrected chi connectivity index (χ4v) is 2.96. The van der Waals surface area contributed by atoms with E-state index in [9.17, 15) is 20.1 Å². The van der Waals surface area contributed by atoms with Crippen molar-refractivity contribution in [3.8, 4) is 0 Å². The summed E-state index contributed by atoms with van der Waals surface area (Å²) in [6.07, 6.45) is 10.2. The fraction of sp³-hybridized carbons (Fsp3) is 0.750. The first-order chi connectivity index (χ1) is 12.4. The van der Waals surface area contributed by atoms with Gasteiger partial charge in [0.25, 0.3) is 0 Å². The van der Waals surface area contributed by atoms with Crippen LogP contribution < -0.4 is 0 Å². The molecule has 6 nitrogen and oxygen atoms in total. The van der Waals surface area contributed by atoms with Gasteiger partial charge in [-0.1, -0.05) is 44.1 Å². The van der Waals surface area contributed by atoms with E-state index in [1.165, 1.54) is 18.9 Å². The van der Waals surface area contributed by atoms with E-state index < -0.39 is 36.5 Å². The Morgan fingerprint density at radius 3 is 2.69 bits per heavy atom. The summed E-state index contributed by atoms with van der Waals surface area (Å²) >= 11 is 0. The molecule has 1 saturated heterocycles. The molecular formula is C20H34O6. The van der Waals surface area contributed by atoms with E-state index in [1.54, 1.807) is 6.08 Å². The van der Waals surface area contributed by atoms with Crippen LogP contribution in [-0.4, -0.2) is 56.9 Å². The average molecular weight is 370 g/mol. The molecule has 6 heteroatoms. The monoisotopic (exact) mass is 370 g/mol. The highest BCUT2D eigenvalue weighted by Crippen LogP contribution is 2.25. The molecule has 1 rings (SSSR count). The summed E-state index contributed by atoms with van der Waals surface area (Å²) in [6.45, 7) is 2.16. The molecule has 0 unspecified atom stereocenters. The highest BCUT2D eigenvalue weighted by Gasteiger charge is 2.35. The van der Waals surface area contributed by atoms with Gasteiger partial charge in [-0.15, -0.1) is 0 Å². The van der Waals surface area contributed by atoms with Crippen LogP contribution in [0.3, 0.4) is 0 Å². The zero-order chi connectivity index (χ0) is 19.4. The molecule has 1 heterocycles. The Labute approximate surface area is 156 Å². The van der Waals surface area contributed by atoms with Crippen molar-refractivity contribution in [3.05, 3.63) is 24.3 Å². The standard InChI is InChI=1S/C20H34O6/c1-2-3-4-5-6-7-10-16(22)19-14-17(23)18(26-19)13-12-15(21)9-8-11-20(24)25/h6-7,12-13,15-19,21-23H,2-5,8-11,14H2,1H3,(H,24,25)/b7-6-,13-12+/t15-,16-,17-,18-,19+/m0/s1. The van der Waals surface area contributed by atoms with Crippen molar-refractivity contribution in [2.75, 3.05) is 0 Å². The maximum absolute atomic E-state index is 10.5. The van der Waals surface area contributed by atoms with Gasteiger partial charge in [0.15, 0.2) is 0 Å². The summed E-state index contributed by atoms with van der Waals surface area (Å²) in [5, 5.41) is 38.7. The van der Waals surface area contributed by atoms with Crippen molar-refractivity contribution in [2.45, 2.75) is 95.2 Å². The Balaban J connectivity index is 2.32. The van der Waals surface area contributed by atoms with Crippen molar-refractivity contribution >= 4 is 5.97 Å². The van der Waals surface area contributed by atoms with Gasteiger partial charge < -0.3 is 25.2 Å². The summed E-state index contributed by atoms with van der Waals surface area (Å²) in [5.74, 6) is -0.882. The number of aliphatic hydroxyl groups excluding tert-OH is 3. The summed E-state index contributed by atoms with van der Waals surface area (Å²) in [5.41, 5.74) is 0. The molecule has 0 aromatic rings. The highest BCUT2D eigenvalue weighted by molar-refractivity contribution is 5.66. The van der Waals surface area contributed by atoms with Gasteiger partial charge in [0, 0.05) is 12.8 Å². The van der Waals surface area contributed by atoms with Gasteiger partial charge in [0.2, 0.25) is 0 Å². The second-order valence-corrected chi connectivity index (χ2v) is 6.95. The summed E-state index contributed by atoms with van der Waals surface area (Å²) in [7, 11) is 0. The molecule has 4 N–H and O–H groups in total. The van der Waals surface area contributed by atoms with Gasteiger partial charge in [-0.25, -0.2) is 0 Å². The molecule has 1 aliphatic heterocycles. The Morgan fingerprint density at radius 1 is 1.23 bits per heavy atom. The zero-order valence-corrected chi connectivity index (χ0v) is 15.7. The zero-order valence-electron chi connectivity index (χ0n) is 15.7. The predicted molar refractivity (Wildman–Crippen MR) is 99.8 cm³/mol. The number of carboxylic acid groups (broad SMARTS) is 1. The molecule has 0 spiro atoms. The van der Waals surface area contributed by atoms with E-state index in [2.05, 4.69) is 13.0 Å². The third-order valence-corrected chi connectivity index (χ3v) is 4.55. The van der Waals surface area contributed by atoms with Crippen LogP contribution in [0.15, 0.2) is 24.3 Å². The SMILES string of the molecule is CCCCC/C=C\C[C@H](O)[C@H]1C[C@H](O)[C@H](/C=C/[C@@H](O)CCCC(=O)O)O1. The summed E-state index contributed by atoms with van der Waals surface area (Å²) in [6, 6.07) is 0. The molecule has 0 aromatic carbocycles. The van der Waals surface area contributed by atoms with Crippen LogP contribution in [0.1, 0.15) is 64.7 Å². The van der Waals surface area contributed by atoms with Gasteiger partial charge in [-0.3, -0.25) is 4.79 Å². The minimum Gasteiger partial charge on any atom is -0.481 e. The quantitative estimate of drug-likeness (QED) is 0.293. The molecule has 1 aliphatic rings. The first-order valence-electron chi connectivity index (χ1n) is 9.68. The molecule has 0 radical (unpaired) electrons. The molecule has 26 heavy (non-hydrogen) atoms. The van der Waals surface area contributed by atoms with Gasteiger partial charge >= 0.3 is 5.97 Å². The largest absolute Gasteiger partial charge is 0.481 e. The van der Waals surface area contributed by atoms with Crippen molar-refractivity contribution in [1.82, 2.24) is 0 Å². The first-order valence-corrected chi connectivity index (χ1v) is 9.68. The topological polar surface area (TPSA) is 107 Å². The van der Waals surface area contributed by atoms with Gasteiger partial charge in [-0.05, 0) is 32.1 Å². The highest BCUT2D eigenvalue weighted by atomic mass is 16.5. The normalized spacial score (nSPS) is 25.9. The second kappa shape index (κ2) is 13.0. The molecule has 0 amide bonds. The number of allylic oxidation sites excluding steroid dienone is 1. The first kappa shape index (κ1) is 22.8. The Bertz CT molecular complexity index is 448. The van der Waals surface area contributed by atoms with Crippen LogP contribution in [0.2, 0.25) is 0 Å². The van der Waals surface area contributed by atoms with Crippen molar-refractivity contribution < 1.29 is 30.0 Å². The number of ether oxygens (including phenoxy) is 1. The van der Waals surface area contributed by atoms with Crippen LogP contribution >= 0.6 is 0 Å². The number of unbranched alkanes of at least 4 members (excludes halogenated alkanes) is 3. The molecule has 0 bridgehead atoms. The Kier molecular flexibility index (Phi) is 11.4. The van der Waals surface area contributed by atoms with Crippen molar-refractivity contribution in [2.24, 2.45) is 0 Å². The van der Waals surface area contributed by atoms with Crippen molar-refractivity contribution in [1.29, 1.82) is 0 Å². The summed E-state index contributed by atoms with van der Waals surface area (Å²) in [4.78, 5) is 10.5. The molecule has 0 aromatic heterocycles. The molecular weight excluding hydrogens is 336 g/mol. The van der Waals surface area contributed by atoms with E-state index in [0.717, 1.165) is 12.8 Å². The van der Waals surface area contributed by atoms with Crippen molar-refractivity contribution in [3.63, 3.8) is 0 Å². The van der Waals surface area contributed by atoms with Gasteiger partial charge in [0.1, 0.15) is 6.10 Å². The number of carboxylic acids is 1. The van der Waals surface area contributed by atoms with Crippen LogP contribution in [0.5, 0.6) is 0 Å². The number of hydrogen-bond donors (Lipinski definition) is 4. The van der Waals surface area contributed by atoms with E-state index in [1.807, 2.05) is 6.08 Å². The number of carbonyl (C=O) groups is 1. The lowest BCUT2D eigenvalue weighted by molar-refractivity contribution is -0.137. The lowest BCUT2D eigenvalue weighted by atomic mass is 10.0. The molecule has 5 atom stereocenters. The number of hydrogen-bond acceptors (Lipinski definition) is 5. The second-order valence-electron chi connectivity index (χ2n) is 6.95. The van der Waals surface area contributed by atoms with E-state index in [4.69, 9.17) is 9.84 Å². The third kappa shape index (κ3) is 9.48. The molecule has 1 fully saturated rings. The molecule has 0 saturated carbocycles. The molecule has 150 valence electrons. The van der Waals surface area contributed by atoms with Crippen LogP contribution in [0.25, 0.3) is 0 Å². The Hall–Kier alpha value is -1.21. The van der Waals surface area contributed by atoms with Gasteiger partial charge in [0.05, 0.1) is 24.4 Å². The lowest BCUT2D eigenvalue weighted by Gasteiger charge is -2.16.